The van der Waals surface area contributed by atoms with Crippen molar-refractivity contribution in [1.29, 1.82) is 0 Å². The Labute approximate surface area is 105 Å². The topological polar surface area (TPSA) is 55.4 Å². The molecule has 0 aromatic rings. The molecule has 1 fully saturated rings. The van der Waals surface area contributed by atoms with Crippen LogP contribution in [0, 0.1) is 5.92 Å². The number of sulfone groups is 1. The van der Waals surface area contributed by atoms with E-state index < -0.39 is 9.84 Å². The van der Waals surface area contributed by atoms with Crippen LogP contribution in [0.5, 0.6) is 0 Å². The first-order chi connectivity index (χ1) is 8.05. The first kappa shape index (κ1) is 14.9. The third-order valence-electron chi connectivity index (χ3n) is 3.88. The smallest absolute Gasteiger partial charge is 0.156 e. The normalized spacial score (nSPS) is 30.4. The summed E-state index contributed by atoms with van der Waals surface area (Å²) in [6.45, 7) is 2.44. The molecule has 1 aliphatic rings. The van der Waals surface area contributed by atoms with Gasteiger partial charge in [0, 0.05) is 13.2 Å². The van der Waals surface area contributed by atoms with E-state index in [4.69, 9.17) is 4.74 Å². The van der Waals surface area contributed by atoms with Crippen LogP contribution in [-0.2, 0) is 14.6 Å². The number of hydrogen-bond acceptors (Lipinski definition) is 4. The van der Waals surface area contributed by atoms with Crippen LogP contribution in [0.3, 0.4) is 0 Å². The Morgan fingerprint density at radius 3 is 2.59 bits per heavy atom. The Hall–Kier alpha value is -0.130. The molecular formula is C12H25NO3S. The molecule has 1 aliphatic carbocycles. The van der Waals surface area contributed by atoms with Crippen molar-refractivity contribution < 1.29 is 13.2 Å². The van der Waals surface area contributed by atoms with Crippen LogP contribution in [-0.4, -0.2) is 46.2 Å². The highest BCUT2D eigenvalue weighted by Crippen LogP contribution is 2.31. The van der Waals surface area contributed by atoms with Gasteiger partial charge in [0.25, 0.3) is 0 Å². The molecule has 102 valence electrons. The van der Waals surface area contributed by atoms with E-state index in [1.807, 2.05) is 7.05 Å². The third kappa shape index (κ3) is 3.93. The molecule has 1 N–H and O–H groups in total. The Balaban J connectivity index is 2.74. The Morgan fingerprint density at radius 2 is 2.06 bits per heavy atom. The molecule has 17 heavy (non-hydrogen) atoms. The molecular weight excluding hydrogens is 238 g/mol. The minimum atomic E-state index is -3.04. The lowest BCUT2D eigenvalue weighted by Crippen LogP contribution is -2.47. The van der Waals surface area contributed by atoms with E-state index in [1.165, 1.54) is 0 Å². The number of hydrogen-bond donors (Lipinski definition) is 1. The van der Waals surface area contributed by atoms with Crippen LogP contribution < -0.4 is 5.32 Å². The fourth-order valence-electron chi connectivity index (χ4n) is 2.66. The fraction of sp³-hybridized carbons (Fsp3) is 1.00. The van der Waals surface area contributed by atoms with E-state index in [0.29, 0.717) is 12.5 Å². The van der Waals surface area contributed by atoms with Gasteiger partial charge in [0.1, 0.15) is 0 Å². The van der Waals surface area contributed by atoms with Gasteiger partial charge in [-0.1, -0.05) is 13.3 Å². The van der Waals surface area contributed by atoms with Crippen molar-refractivity contribution in [1.82, 2.24) is 5.32 Å². The van der Waals surface area contributed by atoms with Crippen LogP contribution in [0.15, 0.2) is 0 Å². The van der Waals surface area contributed by atoms with Crippen molar-refractivity contribution in [2.45, 2.75) is 43.9 Å². The van der Waals surface area contributed by atoms with Crippen LogP contribution in [0.25, 0.3) is 0 Å². The van der Waals surface area contributed by atoms with Gasteiger partial charge in [-0.25, -0.2) is 8.42 Å². The van der Waals surface area contributed by atoms with E-state index in [2.05, 4.69) is 12.2 Å². The second-order valence-corrected chi connectivity index (χ2v) is 7.22. The molecule has 0 amide bonds. The summed E-state index contributed by atoms with van der Waals surface area (Å²) in [5, 5.41) is 2.93. The maximum Gasteiger partial charge on any atom is 0.156 e. The number of nitrogens with one attached hydrogen (secondary N) is 1. The molecule has 5 heteroatoms. The second-order valence-electron chi connectivity index (χ2n) is 4.88. The highest BCUT2D eigenvalue weighted by molar-refractivity contribution is 7.92. The zero-order valence-corrected chi connectivity index (χ0v) is 11.9. The molecule has 3 atom stereocenters. The summed E-state index contributed by atoms with van der Waals surface area (Å²) in [4.78, 5) is 0. The Morgan fingerprint density at radius 1 is 1.35 bits per heavy atom. The summed E-state index contributed by atoms with van der Waals surface area (Å²) in [7, 11) is 0.362. The maximum absolute atomic E-state index is 12.3. The summed E-state index contributed by atoms with van der Waals surface area (Å²) in [6, 6.07) is 0.111. The van der Waals surface area contributed by atoms with Gasteiger partial charge in [-0.05, 0) is 32.2 Å². The van der Waals surface area contributed by atoms with Crippen molar-refractivity contribution in [2.24, 2.45) is 5.92 Å². The molecule has 0 aromatic carbocycles. The largest absolute Gasteiger partial charge is 0.384 e. The molecule has 0 heterocycles. The van der Waals surface area contributed by atoms with Crippen molar-refractivity contribution >= 4 is 9.84 Å². The lowest BCUT2D eigenvalue weighted by atomic mass is 9.84. The van der Waals surface area contributed by atoms with Gasteiger partial charge in [0.2, 0.25) is 0 Å². The molecule has 1 rings (SSSR count). The highest BCUT2D eigenvalue weighted by atomic mass is 32.2. The van der Waals surface area contributed by atoms with Gasteiger partial charge >= 0.3 is 0 Å². The molecule has 0 spiro atoms. The number of methoxy groups -OCH3 is 1. The minimum absolute atomic E-state index is 0.111. The predicted octanol–water partition coefficient (Wildman–Crippen LogP) is 1.21. The minimum Gasteiger partial charge on any atom is -0.384 e. The number of ether oxygens (including phenoxy) is 1. The predicted molar refractivity (Wildman–Crippen MR) is 69.9 cm³/mol. The first-order valence-electron chi connectivity index (χ1n) is 6.42. The maximum atomic E-state index is 12.3. The second kappa shape index (κ2) is 6.71. The van der Waals surface area contributed by atoms with Crippen molar-refractivity contribution in [3.8, 4) is 0 Å². The molecule has 0 radical (unpaired) electrons. The summed E-state index contributed by atoms with van der Waals surface area (Å²) >= 11 is 0. The van der Waals surface area contributed by atoms with Gasteiger partial charge in [0.15, 0.2) is 9.84 Å². The van der Waals surface area contributed by atoms with E-state index in [9.17, 15) is 8.42 Å². The van der Waals surface area contributed by atoms with Crippen LogP contribution in [0.1, 0.15) is 32.6 Å². The van der Waals surface area contributed by atoms with Crippen molar-refractivity contribution in [3.63, 3.8) is 0 Å². The van der Waals surface area contributed by atoms with Gasteiger partial charge < -0.3 is 10.1 Å². The quantitative estimate of drug-likeness (QED) is 0.783. The zero-order valence-electron chi connectivity index (χ0n) is 11.1. The van der Waals surface area contributed by atoms with Crippen molar-refractivity contribution in [3.05, 3.63) is 0 Å². The molecule has 0 bridgehead atoms. The Bertz CT molecular complexity index is 316. The Kier molecular flexibility index (Phi) is 5.89. The SMILES string of the molecule is CCC1CCC(NC)C(S(=O)(=O)CCOC)C1. The lowest BCUT2D eigenvalue weighted by molar-refractivity contribution is 0.216. The van der Waals surface area contributed by atoms with E-state index >= 15 is 0 Å². The lowest BCUT2D eigenvalue weighted by Gasteiger charge is -2.35. The van der Waals surface area contributed by atoms with Gasteiger partial charge in [0.05, 0.1) is 17.6 Å². The number of rotatable bonds is 6. The monoisotopic (exact) mass is 263 g/mol. The van der Waals surface area contributed by atoms with Crippen LogP contribution >= 0.6 is 0 Å². The molecule has 0 aliphatic heterocycles. The molecule has 4 nitrogen and oxygen atoms in total. The zero-order chi connectivity index (χ0) is 12.9. The van der Waals surface area contributed by atoms with Gasteiger partial charge in [-0.2, -0.15) is 0 Å². The van der Waals surface area contributed by atoms with Crippen molar-refractivity contribution in [2.75, 3.05) is 26.5 Å². The molecule has 1 saturated carbocycles. The van der Waals surface area contributed by atoms with Crippen LogP contribution in [0.4, 0.5) is 0 Å². The fourth-order valence-corrected chi connectivity index (χ4v) is 4.70. The van der Waals surface area contributed by atoms with Gasteiger partial charge in [-0.3, -0.25) is 0 Å². The van der Waals surface area contributed by atoms with E-state index in [0.717, 1.165) is 25.7 Å². The molecule has 3 unspecified atom stereocenters. The average molecular weight is 263 g/mol. The molecule has 0 aromatic heterocycles. The standard InChI is InChI=1S/C12H25NO3S/c1-4-10-5-6-11(13-2)12(9-10)17(14,15)8-7-16-3/h10-13H,4-9H2,1-3H3. The summed E-state index contributed by atoms with van der Waals surface area (Å²) in [5.74, 6) is 0.699. The van der Waals surface area contributed by atoms with E-state index in [-0.39, 0.29) is 17.0 Å². The highest BCUT2D eigenvalue weighted by Gasteiger charge is 2.37. The van der Waals surface area contributed by atoms with Crippen LogP contribution in [0.2, 0.25) is 0 Å². The third-order valence-corrected chi connectivity index (χ3v) is 6.06. The average Bonchev–Trinajstić information content (AvgIpc) is 2.35. The summed E-state index contributed by atoms with van der Waals surface area (Å²) < 4.78 is 29.4. The summed E-state index contributed by atoms with van der Waals surface area (Å²) in [6.07, 6.45) is 3.98. The molecule has 0 saturated heterocycles. The summed E-state index contributed by atoms with van der Waals surface area (Å²) in [5.41, 5.74) is 0. The van der Waals surface area contributed by atoms with E-state index in [1.54, 1.807) is 7.11 Å². The van der Waals surface area contributed by atoms with Gasteiger partial charge in [-0.15, -0.1) is 0 Å². The first-order valence-corrected chi connectivity index (χ1v) is 8.14.